The Morgan fingerprint density at radius 1 is 1.13 bits per heavy atom. The van der Waals surface area contributed by atoms with Gasteiger partial charge < -0.3 is 14.2 Å². The Morgan fingerprint density at radius 2 is 1.78 bits per heavy atom. The Hall–Kier alpha value is -2.15. The molecule has 3 heterocycles. The largest absolute Gasteiger partial charge is 0.459 e. The smallest absolute Gasteiger partial charge is 0.265 e. The summed E-state index contributed by atoms with van der Waals surface area (Å²) < 4.78 is 5.58. The van der Waals surface area contributed by atoms with Crippen molar-refractivity contribution in [3.63, 3.8) is 0 Å². The number of thiazole rings is 1. The molecule has 0 atom stereocenters. The van der Waals surface area contributed by atoms with Gasteiger partial charge in [0.05, 0.1) is 5.69 Å². The highest BCUT2D eigenvalue weighted by Gasteiger charge is 2.26. The van der Waals surface area contributed by atoms with Crippen molar-refractivity contribution in [3.05, 3.63) is 28.5 Å². The molecule has 7 heteroatoms. The summed E-state index contributed by atoms with van der Waals surface area (Å²) in [6.45, 7) is 7.57. The first-order valence-electron chi connectivity index (χ1n) is 7.54. The predicted molar refractivity (Wildman–Crippen MR) is 87.4 cm³/mol. The first-order chi connectivity index (χ1) is 11.0. The number of hydrogen-bond acceptors (Lipinski definition) is 5. The summed E-state index contributed by atoms with van der Waals surface area (Å²) >= 11 is 1.36. The van der Waals surface area contributed by atoms with Crippen LogP contribution in [0.2, 0.25) is 0 Å². The molecule has 0 N–H and O–H groups in total. The molecule has 1 aliphatic heterocycles. The number of aryl methyl sites for hydroxylation is 2. The predicted octanol–water partition coefficient (Wildman–Crippen LogP) is 2.32. The minimum atomic E-state index is -0.0160. The lowest BCUT2D eigenvalue weighted by Crippen LogP contribution is -2.50. The van der Waals surface area contributed by atoms with Crippen LogP contribution < -0.4 is 0 Å². The van der Waals surface area contributed by atoms with E-state index in [4.69, 9.17) is 4.42 Å². The Morgan fingerprint density at radius 3 is 2.35 bits per heavy atom. The number of aromatic nitrogens is 1. The number of rotatable bonds is 2. The lowest BCUT2D eigenvalue weighted by atomic mass is 10.2. The van der Waals surface area contributed by atoms with E-state index in [9.17, 15) is 9.59 Å². The van der Waals surface area contributed by atoms with Crippen LogP contribution in [0.3, 0.4) is 0 Å². The highest BCUT2D eigenvalue weighted by molar-refractivity contribution is 7.17. The van der Waals surface area contributed by atoms with Crippen LogP contribution in [0.5, 0.6) is 0 Å². The minimum absolute atomic E-state index is 0.0160. The average molecular weight is 333 g/mol. The third kappa shape index (κ3) is 3.14. The zero-order chi connectivity index (χ0) is 16.6. The van der Waals surface area contributed by atoms with Gasteiger partial charge in [0.25, 0.3) is 5.91 Å². The summed E-state index contributed by atoms with van der Waals surface area (Å²) in [6.07, 6.45) is 0. The Labute approximate surface area is 138 Å². The minimum Gasteiger partial charge on any atom is -0.459 e. The molecule has 2 amide bonds. The van der Waals surface area contributed by atoms with Crippen LogP contribution in [-0.2, 0) is 4.79 Å². The number of carbonyl (C=O) groups is 2. The van der Waals surface area contributed by atoms with Crippen LogP contribution in [0, 0.1) is 13.8 Å². The van der Waals surface area contributed by atoms with Crippen molar-refractivity contribution in [2.24, 2.45) is 0 Å². The van der Waals surface area contributed by atoms with E-state index in [0.29, 0.717) is 36.8 Å². The van der Waals surface area contributed by atoms with Gasteiger partial charge in [-0.15, -0.1) is 11.3 Å². The molecule has 0 saturated carbocycles. The highest BCUT2D eigenvalue weighted by Crippen LogP contribution is 2.30. The number of furan rings is 1. The van der Waals surface area contributed by atoms with Crippen molar-refractivity contribution >= 4 is 23.2 Å². The Bertz CT molecular complexity index is 742. The third-order valence-electron chi connectivity index (χ3n) is 3.95. The van der Waals surface area contributed by atoms with E-state index in [1.165, 1.54) is 11.3 Å². The maximum atomic E-state index is 12.7. The van der Waals surface area contributed by atoms with E-state index >= 15 is 0 Å². The molecule has 0 spiro atoms. The van der Waals surface area contributed by atoms with Gasteiger partial charge in [0.2, 0.25) is 5.91 Å². The van der Waals surface area contributed by atoms with E-state index in [1.54, 1.807) is 16.7 Å². The number of hydrogen-bond donors (Lipinski definition) is 0. The van der Waals surface area contributed by atoms with Gasteiger partial charge >= 0.3 is 0 Å². The molecule has 23 heavy (non-hydrogen) atoms. The Balaban J connectivity index is 1.76. The molecule has 1 aliphatic rings. The molecule has 0 unspecified atom stereocenters. The van der Waals surface area contributed by atoms with Crippen molar-refractivity contribution in [1.29, 1.82) is 0 Å². The van der Waals surface area contributed by atoms with Gasteiger partial charge in [-0.2, -0.15) is 0 Å². The maximum Gasteiger partial charge on any atom is 0.265 e. The zero-order valence-electron chi connectivity index (χ0n) is 13.5. The van der Waals surface area contributed by atoms with Crippen molar-refractivity contribution in [3.8, 4) is 10.8 Å². The van der Waals surface area contributed by atoms with Crippen molar-refractivity contribution in [1.82, 2.24) is 14.8 Å². The van der Waals surface area contributed by atoms with Gasteiger partial charge in [-0.1, -0.05) is 0 Å². The molecule has 122 valence electrons. The second-order valence-electron chi connectivity index (χ2n) is 5.64. The van der Waals surface area contributed by atoms with Crippen LogP contribution in [0.1, 0.15) is 28.0 Å². The summed E-state index contributed by atoms with van der Waals surface area (Å²) in [4.78, 5) is 32.7. The molecule has 2 aromatic rings. The standard InChI is InChI=1S/C16H19N3O3S/c1-10-4-5-13(22-10)15-17-11(2)14(23-15)16(21)19-8-6-18(7-9-19)12(3)20/h4-5H,6-9H2,1-3H3. The molecule has 1 fully saturated rings. The number of nitrogens with zero attached hydrogens (tertiary/aromatic N) is 3. The maximum absolute atomic E-state index is 12.7. The fraction of sp³-hybridized carbons (Fsp3) is 0.438. The molecule has 3 rings (SSSR count). The molecular weight excluding hydrogens is 314 g/mol. The summed E-state index contributed by atoms with van der Waals surface area (Å²) in [5.41, 5.74) is 0.720. The second kappa shape index (κ2) is 6.16. The van der Waals surface area contributed by atoms with E-state index in [2.05, 4.69) is 4.98 Å². The summed E-state index contributed by atoms with van der Waals surface area (Å²) in [5.74, 6) is 1.55. The van der Waals surface area contributed by atoms with Crippen LogP contribution in [0.25, 0.3) is 10.8 Å². The molecule has 2 aromatic heterocycles. The van der Waals surface area contributed by atoms with Gasteiger partial charge in [0.1, 0.15) is 10.6 Å². The lowest BCUT2D eigenvalue weighted by Gasteiger charge is -2.34. The fourth-order valence-electron chi connectivity index (χ4n) is 2.62. The van der Waals surface area contributed by atoms with Gasteiger partial charge in [0.15, 0.2) is 10.8 Å². The molecular formula is C16H19N3O3S. The van der Waals surface area contributed by atoms with Gasteiger partial charge in [-0.05, 0) is 26.0 Å². The number of amides is 2. The van der Waals surface area contributed by atoms with E-state index in [-0.39, 0.29) is 11.8 Å². The Kier molecular flexibility index (Phi) is 4.21. The van der Waals surface area contributed by atoms with Crippen molar-refractivity contribution in [2.75, 3.05) is 26.2 Å². The van der Waals surface area contributed by atoms with E-state index < -0.39 is 0 Å². The number of piperazine rings is 1. The lowest BCUT2D eigenvalue weighted by molar-refractivity contribution is -0.130. The topological polar surface area (TPSA) is 66.7 Å². The van der Waals surface area contributed by atoms with Crippen LogP contribution in [-0.4, -0.2) is 52.8 Å². The summed E-state index contributed by atoms with van der Waals surface area (Å²) in [7, 11) is 0. The van der Waals surface area contributed by atoms with Crippen molar-refractivity contribution in [2.45, 2.75) is 20.8 Å². The van der Waals surface area contributed by atoms with Gasteiger partial charge in [-0.3, -0.25) is 9.59 Å². The SMILES string of the molecule is CC(=O)N1CCN(C(=O)c2sc(-c3ccc(C)o3)nc2C)CC1. The molecule has 0 aliphatic carbocycles. The second-order valence-corrected chi connectivity index (χ2v) is 6.64. The normalized spacial score (nSPS) is 15.1. The number of carbonyl (C=O) groups excluding carboxylic acids is 2. The van der Waals surface area contributed by atoms with E-state index in [0.717, 1.165) is 16.5 Å². The third-order valence-corrected chi connectivity index (χ3v) is 5.11. The highest BCUT2D eigenvalue weighted by atomic mass is 32.1. The zero-order valence-corrected chi connectivity index (χ0v) is 14.3. The van der Waals surface area contributed by atoms with Gasteiger partial charge in [0, 0.05) is 33.1 Å². The van der Waals surface area contributed by atoms with Crippen LogP contribution in [0.15, 0.2) is 16.5 Å². The fourth-order valence-corrected chi connectivity index (χ4v) is 3.61. The monoisotopic (exact) mass is 333 g/mol. The molecule has 0 aromatic carbocycles. The quantitative estimate of drug-likeness (QED) is 0.846. The summed E-state index contributed by atoms with van der Waals surface area (Å²) in [6, 6.07) is 3.75. The first kappa shape index (κ1) is 15.7. The van der Waals surface area contributed by atoms with E-state index in [1.807, 2.05) is 26.0 Å². The first-order valence-corrected chi connectivity index (χ1v) is 8.36. The molecule has 6 nitrogen and oxygen atoms in total. The molecule has 0 bridgehead atoms. The van der Waals surface area contributed by atoms with Crippen LogP contribution >= 0.6 is 11.3 Å². The van der Waals surface area contributed by atoms with Crippen molar-refractivity contribution < 1.29 is 14.0 Å². The molecule has 1 saturated heterocycles. The molecule has 0 radical (unpaired) electrons. The van der Waals surface area contributed by atoms with Gasteiger partial charge in [-0.25, -0.2) is 4.98 Å². The summed E-state index contributed by atoms with van der Waals surface area (Å²) in [5, 5.41) is 0.723. The average Bonchev–Trinajstić information content (AvgIpc) is 3.12. The van der Waals surface area contributed by atoms with Crippen LogP contribution in [0.4, 0.5) is 0 Å².